The van der Waals surface area contributed by atoms with Crippen LogP contribution in [0.3, 0.4) is 0 Å². The number of aryl methyl sites for hydroxylation is 1. The van der Waals surface area contributed by atoms with Gasteiger partial charge >= 0.3 is 0 Å². The maximum Gasteiger partial charge on any atom is 0.173 e. The highest BCUT2D eigenvalue weighted by Crippen LogP contribution is 2.33. The quantitative estimate of drug-likeness (QED) is 0.441. The van der Waals surface area contributed by atoms with E-state index >= 15 is 0 Å². The summed E-state index contributed by atoms with van der Waals surface area (Å²) in [6, 6.07) is 12.9. The number of halogens is 3. The van der Waals surface area contributed by atoms with Crippen LogP contribution in [-0.2, 0) is 6.54 Å². The van der Waals surface area contributed by atoms with Crippen LogP contribution in [0, 0.1) is 6.92 Å². The Labute approximate surface area is 181 Å². The fourth-order valence-corrected chi connectivity index (χ4v) is 3.28. The molecule has 0 aliphatic heterocycles. The van der Waals surface area contributed by atoms with Crippen molar-refractivity contribution in [3.05, 3.63) is 85.7 Å². The third kappa shape index (κ3) is 4.70. The lowest BCUT2D eigenvalue weighted by molar-refractivity contribution is 0.212. The van der Waals surface area contributed by atoms with Crippen molar-refractivity contribution in [3.63, 3.8) is 0 Å². The van der Waals surface area contributed by atoms with E-state index < -0.39 is 6.10 Å². The Bertz CT molecular complexity index is 1000. The molecule has 0 aliphatic rings. The van der Waals surface area contributed by atoms with E-state index in [-0.39, 0.29) is 5.70 Å². The van der Waals surface area contributed by atoms with Crippen molar-refractivity contribution in [3.8, 4) is 11.3 Å². The Hall–Kier alpha value is -1.99. The normalized spacial score (nSPS) is 12.8. The summed E-state index contributed by atoms with van der Waals surface area (Å²) in [6.07, 6.45) is 0.497. The number of benzene rings is 2. The Morgan fingerprint density at radius 1 is 1.25 bits per heavy atom. The van der Waals surface area contributed by atoms with Crippen molar-refractivity contribution in [2.24, 2.45) is 5.73 Å². The molecule has 1 heterocycles. The maximum absolute atomic E-state index is 10.8. The largest absolute Gasteiger partial charge is 0.398 e. The van der Waals surface area contributed by atoms with Gasteiger partial charge in [-0.2, -0.15) is 0 Å². The Morgan fingerprint density at radius 3 is 2.64 bits per heavy atom. The van der Waals surface area contributed by atoms with Gasteiger partial charge in [0.15, 0.2) is 5.76 Å². The highest BCUT2D eigenvalue weighted by atomic mass is 79.9. The molecular weight excluding hydrogens is 465 g/mol. The number of hydrogen-bond donors (Lipinski definition) is 3. The first-order valence-corrected chi connectivity index (χ1v) is 9.94. The fraction of sp³-hybridized carbons (Fsp3) is 0.150. The van der Waals surface area contributed by atoms with E-state index in [2.05, 4.69) is 26.4 Å². The van der Waals surface area contributed by atoms with E-state index in [0.29, 0.717) is 33.6 Å². The monoisotopic (exact) mass is 481 g/mol. The number of hydrogen-bond acceptors (Lipinski definition) is 5. The van der Waals surface area contributed by atoms with Crippen molar-refractivity contribution in [1.29, 1.82) is 0 Å². The van der Waals surface area contributed by atoms with Crippen LogP contribution in [-0.4, -0.2) is 10.3 Å². The van der Waals surface area contributed by atoms with Crippen molar-refractivity contribution in [1.82, 2.24) is 10.5 Å². The summed E-state index contributed by atoms with van der Waals surface area (Å²) in [5.74, 6) is 0.485. The van der Waals surface area contributed by atoms with Gasteiger partial charge in [-0.05, 0) is 36.8 Å². The summed E-state index contributed by atoms with van der Waals surface area (Å²) in [5, 5.41) is 18.8. The van der Waals surface area contributed by atoms with Crippen molar-refractivity contribution >= 4 is 39.1 Å². The van der Waals surface area contributed by atoms with Crippen LogP contribution < -0.4 is 11.1 Å². The predicted molar refractivity (Wildman–Crippen MR) is 115 cm³/mol. The van der Waals surface area contributed by atoms with E-state index in [1.54, 1.807) is 25.3 Å². The molecule has 1 aromatic heterocycles. The number of aromatic nitrogens is 1. The molecule has 0 aliphatic carbocycles. The van der Waals surface area contributed by atoms with E-state index in [0.717, 1.165) is 15.6 Å². The Kier molecular flexibility index (Phi) is 6.67. The van der Waals surface area contributed by atoms with Crippen LogP contribution in [0.4, 0.5) is 0 Å². The SMILES string of the molecule is Cc1noc(-c2ccc(Br)cc2)c1C(O)/C(N)=C/NCc1ccc(Cl)c(Cl)c1. The highest BCUT2D eigenvalue weighted by Gasteiger charge is 2.23. The average Bonchev–Trinajstić information content (AvgIpc) is 3.06. The van der Waals surface area contributed by atoms with Crippen LogP contribution >= 0.6 is 39.1 Å². The molecule has 0 amide bonds. The van der Waals surface area contributed by atoms with Gasteiger partial charge in [-0.25, -0.2) is 0 Å². The van der Waals surface area contributed by atoms with Gasteiger partial charge in [0.05, 0.1) is 27.0 Å². The lowest BCUT2D eigenvalue weighted by atomic mass is 10.0. The molecule has 2 aromatic carbocycles. The minimum Gasteiger partial charge on any atom is -0.398 e. The molecule has 1 unspecified atom stereocenters. The first-order chi connectivity index (χ1) is 13.4. The zero-order chi connectivity index (χ0) is 20.3. The lowest BCUT2D eigenvalue weighted by Crippen LogP contribution is -2.16. The highest BCUT2D eigenvalue weighted by molar-refractivity contribution is 9.10. The van der Waals surface area contributed by atoms with Crippen molar-refractivity contribution < 1.29 is 9.63 Å². The molecule has 28 heavy (non-hydrogen) atoms. The van der Waals surface area contributed by atoms with Gasteiger partial charge in [-0.15, -0.1) is 0 Å². The van der Waals surface area contributed by atoms with Crippen LogP contribution in [0.1, 0.15) is 22.9 Å². The third-order valence-electron chi connectivity index (χ3n) is 4.16. The predicted octanol–water partition coefficient (Wildman–Crippen LogP) is 5.34. The molecule has 3 aromatic rings. The first kappa shape index (κ1) is 20.7. The Balaban J connectivity index is 1.76. The van der Waals surface area contributed by atoms with E-state index in [1.165, 1.54) is 0 Å². The van der Waals surface area contributed by atoms with Crippen LogP contribution in [0.2, 0.25) is 10.0 Å². The van der Waals surface area contributed by atoms with Crippen LogP contribution in [0.5, 0.6) is 0 Å². The molecular formula is C20H18BrCl2N3O2. The Morgan fingerprint density at radius 2 is 1.96 bits per heavy atom. The van der Waals surface area contributed by atoms with Gasteiger partial charge < -0.3 is 20.7 Å². The standard InChI is InChI=1S/C20H18BrCl2N3O2/c1-11-18(20(28-26-11)13-3-5-14(21)6-4-13)19(27)17(24)10-25-9-12-2-7-15(22)16(23)8-12/h2-8,10,19,25,27H,9,24H2,1H3/b17-10-. The van der Waals surface area contributed by atoms with Gasteiger partial charge in [-0.3, -0.25) is 0 Å². The van der Waals surface area contributed by atoms with Crippen molar-refractivity contribution in [2.45, 2.75) is 19.6 Å². The van der Waals surface area contributed by atoms with E-state index in [9.17, 15) is 5.11 Å². The summed E-state index contributed by atoms with van der Waals surface area (Å²) in [6.45, 7) is 2.24. The summed E-state index contributed by atoms with van der Waals surface area (Å²) in [4.78, 5) is 0. The number of nitrogens with two attached hydrogens (primary N) is 1. The molecule has 1 atom stereocenters. The number of aliphatic hydroxyl groups is 1. The van der Waals surface area contributed by atoms with Gasteiger partial charge in [-0.1, -0.05) is 62.5 Å². The van der Waals surface area contributed by atoms with Gasteiger partial charge in [0.25, 0.3) is 0 Å². The summed E-state index contributed by atoms with van der Waals surface area (Å²) >= 11 is 15.3. The number of rotatable bonds is 6. The molecule has 146 valence electrons. The molecule has 0 saturated heterocycles. The van der Waals surface area contributed by atoms with Gasteiger partial charge in [0.1, 0.15) is 6.10 Å². The number of nitrogens with one attached hydrogen (secondary N) is 1. The first-order valence-electron chi connectivity index (χ1n) is 8.40. The summed E-state index contributed by atoms with van der Waals surface area (Å²) < 4.78 is 6.38. The number of aliphatic hydroxyl groups excluding tert-OH is 1. The second kappa shape index (κ2) is 9.01. The minimum atomic E-state index is -1.06. The van der Waals surface area contributed by atoms with Crippen molar-refractivity contribution in [2.75, 3.05) is 0 Å². The zero-order valence-electron chi connectivity index (χ0n) is 14.9. The smallest absolute Gasteiger partial charge is 0.173 e. The summed E-state index contributed by atoms with van der Waals surface area (Å²) in [5.41, 5.74) is 9.18. The molecule has 0 spiro atoms. The average molecular weight is 483 g/mol. The summed E-state index contributed by atoms with van der Waals surface area (Å²) in [7, 11) is 0. The minimum absolute atomic E-state index is 0.240. The lowest BCUT2D eigenvalue weighted by Gasteiger charge is -2.13. The molecule has 0 saturated carbocycles. The molecule has 3 rings (SSSR count). The van der Waals surface area contributed by atoms with Crippen LogP contribution in [0.15, 0.2) is 63.4 Å². The molecule has 5 nitrogen and oxygen atoms in total. The van der Waals surface area contributed by atoms with E-state index in [4.69, 9.17) is 33.5 Å². The van der Waals surface area contributed by atoms with Gasteiger partial charge in [0, 0.05) is 22.8 Å². The molecule has 0 bridgehead atoms. The molecule has 4 N–H and O–H groups in total. The second-order valence-corrected chi connectivity index (χ2v) is 7.92. The maximum atomic E-state index is 10.8. The molecule has 8 heteroatoms. The second-order valence-electron chi connectivity index (χ2n) is 6.19. The fourth-order valence-electron chi connectivity index (χ4n) is 2.69. The number of nitrogens with zero attached hydrogens (tertiary/aromatic N) is 1. The molecule has 0 radical (unpaired) electrons. The van der Waals surface area contributed by atoms with E-state index in [1.807, 2.05) is 30.3 Å². The third-order valence-corrected chi connectivity index (χ3v) is 5.43. The van der Waals surface area contributed by atoms with Gasteiger partial charge in [0.2, 0.25) is 0 Å². The molecule has 0 fully saturated rings. The van der Waals surface area contributed by atoms with Crippen LogP contribution in [0.25, 0.3) is 11.3 Å². The topological polar surface area (TPSA) is 84.3 Å². The zero-order valence-corrected chi connectivity index (χ0v) is 18.0.